The summed E-state index contributed by atoms with van der Waals surface area (Å²) in [7, 11) is 1.38. The van der Waals surface area contributed by atoms with Gasteiger partial charge in [-0.2, -0.15) is 8.78 Å². The standard InChI is InChI=1S/C14H14F2N2O2/c1-19-12-7-9(4-5-11(12)20-14(15)16)13(17)10-3-2-6-18-8-10/h2-8,13-14H,17H2,1H3. The summed E-state index contributed by atoms with van der Waals surface area (Å²) < 4.78 is 33.9. The van der Waals surface area contributed by atoms with E-state index in [4.69, 9.17) is 10.5 Å². The summed E-state index contributed by atoms with van der Waals surface area (Å²) in [5.74, 6) is 0.187. The van der Waals surface area contributed by atoms with Gasteiger partial charge in [-0.3, -0.25) is 4.98 Å². The zero-order valence-electron chi connectivity index (χ0n) is 10.8. The Morgan fingerprint density at radius 3 is 2.55 bits per heavy atom. The Hall–Kier alpha value is -2.21. The quantitative estimate of drug-likeness (QED) is 0.915. The maximum atomic E-state index is 12.3. The number of methoxy groups -OCH3 is 1. The van der Waals surface area contributed by atoms with Gasteiger partial charge in [0.25, 0.3) is 0 Å². The van der Waals surface area contributed by atoms with Crippen molar-refractivity contribution in [3.63, 3.8) is 0 Å². The van der Waals surface area contributed by atoms with Crippen molar-refractivity contribution in [3.8, 4) is 11.5 Å². The fourth-order valence-corrected chi connectivity index (χ4v) is 1.82. The number of benzene rings is 1. The van der Waals surface area contributed by atoms with Gasteiger partial charge < -0.3 is 15.2 Å². The second-order valence-corrected chi connectivity index (χ2v) is 4.05. The van der Waals surface area contributed by atoms with Crippen LogP contribution in [-0.4, -0.2) is 18.7 Å². The molecule has 2 aromatic rings. The van der Waals surface area contributed by atoms with Gasteiger partial charge >= 0.3 is 6.61 Å². The second-order valence-electron chi connectivity index (χ2n) is 4.05. The van der Waals surface area contributed by atoms with Gasteiger partial charge in [0.05, 0.1) is 13.2 Å². The Labute approximate surface area is 115 Å². The molecule has 0 saturated heterocycles. The molecular formula is C14H14F2N2O2. The molecule has 0 saturated carbocycles. The minimum atomic E-state index is -2.90. The van der Waals surface area contributed by atoms with Crippen molar-refractivity contribution in [1.29, 1.82) is 0 Å². The summed E-state index contributed by atoms with van der Waals surface area (Å²) >= 11 is 0. The Bertz CT molecular complexity index is 564. The number of hydrogen-bond acceptors (Lipinski definition) is 4. The monoisotopic (exact) mass is 280 g/mol. The lowest BCUT2D eigenvalue weighted by atomic mass is 10.0. The Morgan fingerprint density at radius 2 is 1.95 bits per heavy atom. The van der Waals surface area contributed by atoms with Crippen LogP contribution in [0.15, 0.2) is 42.7 Å². The van der Waals surface area contributed by atoms with Crippen molar-refractivity contribution in [3.05, 3.63) is 53.9 Å². The van der Waals surface area contributed by atoms with Crippen molar-refractivity contribution in [2.24, 2.45) is 5.73 Å². The number of pyridine rings is 1. The lowest BCUT2D eigenvalue weighted by Gasteiger charge is -2.15. The van der Waals surface area contributed by atoms with E-state index in [9.17, 15) is 8.78 Å². The molecule has 106 valence electrons. The van der Waals surface area contributed by atoms with Crippen LogP contribution < -0.4 is 15.2 Å². The van der Waals surface area contributed by atoms with E-state index in [0.717, 1.165) is 11.1 Å². The first-order valence-corrected chi connectivity index (χ1v) is 5.90. The third kappa shape index (κ3) is 3.21. The molecule has 2 rings (SSSR count). The van der Waals surface area contributed by atoms with Crippen LogP contribution in [0.1, 0.15) is 17.2 Å². The largest absolute Gasteiger partial charge is 0.493 e. The number of alkyl halides is 2. The van der Waals surface area contributed by atoms with Crippen molar-refractivity contribution in [2.45, 2.75) is 12.7 Å². The van der Waals surface area contributed by atoms with Crippen molar-refractivity contribution in [2.75, 3.05) is 7.11 Å². The summed E-state index contributed by atoms with van der Waals surface area (Å²) in [6.07, 6.45) is 3.30. The van der Waals surface area contributed by atoms with Gasteiger partial charge in [0, 0.05) is 12.4 Å². The van der Waals surface area contributed by atoms with Crippen LogP contribution in [0.2, 0.25) is 0 Å². The molecule has 6 heteroatoms. The van der Waals surface area contributed by atoms with Gasteiger partial charge in [-0.05, 0) is 29.3 Å². The van der Waals surface area contributed by atoms with E-state index in [1.807, 2.05) is 6.07 Å². The molecule has 4 nitrogen and oxygen atoms in total. The summed E-state index contributed by atoms with van der Waals surface area (Å²) in [6.45, 7) is -2.90. The summed E-state index contributed by atoms with van der Waals surface area (Å²) in [5, 5.41) is 0. The fraction of sp³-hybridized carbons (Fsp3) is 0.214. The van der Waals surface area contributed by atoms with E-state index < -0.39 is 12.7 Å². The number of rotatable bonds is 5. The van der Waals surface area contributed by atoms with Crippen molar-refractivity contribution >= 4 is 0 Å². The first kappa shape index (κ1) is 14.2. The molecule has 1 aromatic carbocycles. The van der Waals surface area contributed by atoms with E-state index in [1.54, 1.807) is 30.6 Å². The first-order valence-electron chi connectivity index (χ1n) is 5.90. The smallest absolute Gasteiger partial charge is 0.387 e. The van der Waals surface area contributed by atoms with E-state index in [-0.39, 0.29) is 11.5 Å². The predicted molar refractivity (Wildman–Crippen MR) is 69.9 cm³/mol. The molecule has 0 bridgehead atoms. The molecule has 0 radical (unpaired) electrons. The number of aromatic nitrogens is 1. The van der Waals surface area contributed by atoms with E-state index >= 15 is 0 Å². The highest BCUT2D eigenvalue weighted by Crippen LogP contribution is 2.32. The zero-order chi connectivity index (χ0) is 14.5. The molecule has 1 heterocycles. The van der Waals surface area contributed by atoms with Gasteiger partial charge in [0.15, 0.2) is 11.5 Å². The summed E-state index contributed by atoms with van der Waals surface area (Å²) in [5.41, 5.74) is 7.64. The minimum absolute atomic E-state index is 0.0235. The predicted octanol–water partition coefficient (Wildman–Crippen LogP) is 2.74. The topological polar surface area (TPSA) is 57.4 Å². The molecule has 1 unspecified atom stereocenters. The van der Waals surface area contributed by atoms with Crippen LogP contribution in [0.4, 0.5) is 8.78 Å². The summed E-state index contributed by atoms with van der Waals surface area (Å²) in [6, 6.07) is 7.82. The van der Waals surface area contributed by atoms with Gasteiger partial charge in [-0.25, -0.2) is 0 Å². The van der Waals surface area contributed by atoms with E-state index in [0.29, 0.717) is 0 Å². The lowest BCUT2D eigenvalue weighted by Crippen LogP contribution is -2.12. The molecule has 0 aliphatic rings. The number of nitrogens with two attached hydrogens (primary N) is 1. The SMILES string of the molecule is COc1cc(C(N)c2cccnc2)ccc1OC(F)F. The van der Waals surface area contributed by atoms with Crippen LogP contribution in [0.25, 0.3) is 0 Å². The molecule has 1 aromatic heterocycles. The van der Waals surface area contributed by atoms with E-state index in [1.165, 1.54) is 13.2 Å². The Balaban J connectivity index is 2.29. The van der Waals surface area contributed by atoms with Gasteiger partial charge in [0.1, 0.15) is 0 Å². The van der Waals surface area contributed by atoms with Gasteiger partial charge in [-0.1, -0.05) is 12.1 Å². The molecule has 20 heavy (non-hydrogen) atoms. The molecule has 1 atom stereocenters. The van der Waals surface area contributed by atoms with Crippen molar-refractivity contribution in [1.82, 2.24) is 4.98 Å². The van der Waals surface area contributed by atoms with Gasteiger partial charge in [0.2, 0.25) is 0 Å². The fourth-order valence-electron chi connectivity index (χ4n) is 1.82. The van der Waals surface area contributed by atoms with E-state index in [2.05, 4.69) is 9.72 Å². The molecule has 0 amide bonds. The molecule has 2 N–H and O–H groups in total. The first-order chi connectivity index (χ1) is 9.61. The van der Waals surface area contributed by atoms with Crippen LogP contribution >= 0.6 is 0 Å². The highest BCUT2D eigenvalue weighted by atomic mass is 19.3. The molecular weight excluding hydrogens is 266 g/mol. The maximum Gasteiger partial charge on any atom is 0.387 e. The third-order valence-electron chi connectivity index (χ3n) is 2.81. The number of hydrogen-bond donors (Lipinski definition) is 1. The average Bonchev–Trinajstić information content (AvgIpc) is 2.47. The Morgan fingerprint density at radius 1 is 1.15 bits per heavy atom. The van der Waals surface area contributed by atoms with Crippen LogP contribution in [0.3, 0.4) is 0 Å². The van der Waals surface area contributed by atoms with Crippen LogP contribution in [-0.2, 0) is 0 Å². The van der Waals surface area contributed by atoms with Crippen molar-refractivity contribution < 1.29 is 18.3 Å². The number of ether oxygens (including phenoxy) is 2. The average molecular weight is 280 g/mol. The molecule has 0 fully saturated rings. The zero-order valence-corrected chi connectivity index (χ0v) is 10.8. The number of halogens is 2. The van der Waals surface area contributed by atoms with Crippen LogP contribution in [0, 0.1) is 0 Å². The summed E-state index contributed by atoms with van der Waals surface area (Å²) in [4.78, 5) is 4.00. The lowest BCUT2D eigenvalue weighted by molar-refractivity contribution is -0.0512. The third-order valence-corrected chi connectivity index (χ3v) is 2.81. The van der Waals surface area contributed by atoms with Gasteiger partial charge in [-0.15, -0.1) is 0 Å². The minimum Gasteiger partial charge on any atom is -0.493 e. The number of nitrogens with zero attached hydrogens (tertiary/aromatic N) is 1. The molecule has 0 aliphatic heterocycles. The molecule has 0 spiro atoms. The normalized spacial score (nSPS) is 12.2. The highest BCUT2D eigenvalue weighted by Gasteiger charge is 2.15. The Kier molecular flexibility index (Phi) is 4.47. The highest BCUT2D eigenvalue weighted by molar-refractivity contribution is 5.45. The molecule has 0 aliphatic carbocycles. The second kappa shape index (κ2) is 6.29. The maximum absolute atomic E-state index is 12.3. The van der Waals surface area contributed by atoms with Crippen LogP contribution in [0.5, 0.6) is 11.5 Å².